The summed E-state index contributed by atoms with van der Waals surface area (Å²) in [5.74, 6) is 0.509. The van der Waals surface area contributed by atoms with Crippen LogP contribution in [0, 0.1) is 11.3 Å². The summed E-state index contributed by atoms with van der Waals surface area (Å²) in [6.45, 7) is 5.84. The Morgan fingerprint density at radius 1 is 1.00 bits per heavy atom. The first-order chi connectivity index (χ1) is 8.57. The van der Waals surface area contributed by atoms with Gasteiger partial charge in [0, 0.05) is 12.6 Å². The van der Waals surface area contributed by atoms with Gasteiger partial charge < -0.3 is 10.4 Å². The Kier molecular flexibility index (Phi) is 5.08. The van der Waals surface area contributed by atoms with Crippen LogP contribution in [0.4, 0.5) is 0 Å². The molecule has 2 aliphatic carbocycles. The lowest BCUT2D eigenvalue weighted by Crippen LogP contribution is -2.38. The fourth-order valence-corrected chi connectivity index (χ4v) is 3.61. The van der Waals surface area contributed by atoms with Crippen molar-refractivity contribution >= 4 is 0 Å². The molecular formula is C16H31NO. The molecule has 2 heteroatoms. The van der Waals surface area contributed by atoms with Crippen LogP contribution in [0.3, 0.4) is 0 Å². The highest BCUT2D eigenvalue weighted by molar-refractivity contribution is 4.82. The largest absolute Gasteiger partial charge is 0.393 e. The van der Waals surface area contributed by atoms with Crippen molar-refractivity contribution in [3.8, 4) is 0 Å². The van der Waals surface area contributed by atoms with Crippen molar-refractivity contribution in [1.82, 2.24) is 5.32 Å². The number of aliphatic hydroxyl groups is 1. The Balaban J connectivity index is 1.72. The van der Waals surface area contributed by atoms with E-state index in [1.165, 1.54) is 51.4 Å². The molecule has 0 saturated heterocycles. The molecule has 18 heavy (non-hydrogen) atoms. The van der Waals surface area contributed by atoms with E-state index in [9.17, 15) is 5.11 Å². The Labute approximate surface area is 113 Å². The van der Waals surface area contributed by atoms with Crippen LogP contribution in [0.25, 0.3) is 0 Å². The highest BCUT2D eigenvalue weighted by Gasteiger charge is 2.26. The standard InChI is InChI=1S/C16H31NO/c1-16(2)10-5-7-14(9-11-16)17-12-13-6-3-4-8-15(13)18/h13-15,17-18H,3-12H2,1-2H3. The van der Waals surface area contributed by atoms with Gasteiger partial charge in [-0.1, -0.05) is 33.1 Å². The molecule has 0 radical (unpaired) electrons. The monoisotopic (exact) mass is 253 g/mol. The van der Waals surface area contributed by atoms with E-state index in [4.69, 9.17) is 0 Å². The Bertz CT molecular complexity index is 251. The smallest absolute Gasteiger partial charge is 0.0580 e. The lowest BCUT2D eigenvalue weighted by atomic mass is 9.85. The van der Waals surface area contributed by atoms with Crippen LogP contribution in [-0.2, 0) is 0 Å². The van der Waals surface area contributed by atoms with Crippen molar-refractivity contribution in [2.45, 2.75) is 83.8 Å². The van der Waals surface area contributed by atoms with E-state index in [1.54, 1.807) is 0 Å². The van der Waals surface area contributed by atoms with Gasteiger partial charge in [-0.3, -0.25) is 0 Å². The summed E-state index contributed by atoms with van der Waals surface area (Å²) in [5, 5.41) is 13.7. The maximum Gasteiger partial charge on any atom is 0.0580 e. The van der Waals surface area contributed by atoms with Gasteiger partial charge in [0.1, 0.15) is 0 Å². The topological polar surface area (TPSA) is 32.3 Å². The van der Waals surface area contributed by atoms with E-state index < -0.39 is 0 Å². The van der Waals surface area contributed by atoms with Gasteiger partial charge in [0.05, 0.1) is 6.10 Å². The van der Waals surface area contributed by atoms with Crippen molar-refractivity contribution in [2.24, 2.45) is 11.3 Å². The summed E-state index contributed by atoms with van der Waals surface area (Å²) in [6.07, 6.45) is 11.4. The van der Waals surface area contributed by atoms with Crippen molar-refractivity contribution in [1.29, 1.82) is 0 Å². The zero-order chi connectivity index (χ0) is 13.0. The molecule has 0 aromatic carbocycles. The lowest BCUT2D eigenvalue weighted by molar-refractivity contribution is 0.0677. The average molecular weight is 253 g/mol. The minimum absolute atomic E-state index is 0.0477. The molecule has 2 saturated carbocycles. The number of hydrogen-bond donors (Lipinski definition) is 2. The van der Waals surface area contributed by atoms with Crippen molar-refractivity contribution < 1.29 is 5.11 Å². The summed E-state index contributed by atoms with van der Waals surface area (Å²) in [7, 11) is 0. The van der Waals surface area contributed by atoms with Gasteiger partial charge in [0.2, 0.25) is 0 Å². The fourth-order valence-electron chi connectivity index (χ4n) is 3.61. The van der Waals surface area contributed by atoms with Crippen molar-refractivity contribution in [2.75, 3.05) is 6.54 Å². The average Bonchev–Trinajstić information content (AvgIpc) is 2.50. The summed E-state index contributed by atoms with van der Waals surface area (Å²) < 4.78 is 0. The van der Waals surface area contributed by atoms with E-state index in [1.807, 2.05) is 0 Å². The molecule has 0 spiro atoms. The highest BCUT2D eigenvalue weighted by Crippen LogP contribution is 2.34. The molecule has 2 aliphatic rings. The van der Waals surface area contributed by atoms with Crippen LogP contribution in [-0.4, -0.2) is 23.8 Å². The molecular weight excluding hydrogens is 222 g/mol. The zero-order valence-corrected chi connectivity index (χ0v) is 12.3. The van der Waals surface area contributed by atoms with Gasteiger partial charge in [-0.15, -0.1) is 0 Å². The van der Waals surface area contributed by atoms with Crippen LogP contribution in [0.15, 0.2) is 0 Å². The first-order valence-corrected chi connectivity index (χ1v) is 7.98. The van der Waals surface area contributed by atoms with Gasteiger partial charge in [-0.2, -0.15) is 0 Å². The van der Waals surface area contributed by atoms with Crippen molar-refractivity contribution in [3.05, 3.63) is 0 Å². The van der Waals surface area contributed by atoms with Gasteiger partial charge in [0.15, 0.2) is 0 Å². The fraction of sp³-hybridized carbons (Fsp3) is 1.00. The molecule has 0 aromatic heterocycles. The lowest BCUT2D eigenvalue weighted by Gasteiger charge is -2.29. The van der Waals surface area contributed by atoms with E-state index in [-0.39, 0.29) is 6.10 Å². The minimum atomic E-state index is -0.0477. The Hall–Kier alpha value is -0.0800. The van der Waals surface area contributed by atoms with E-state index in [0.29, 0.717) is 17.4 Å². The maximum atomic E-state index is 10.00. The predicted molar refractivity (Wildman–Crippen MR) is 76.6 cm³/mol. The molecule has 2 fully saturated rings. The van der Waals surface area contributed by atoms with Crippen LogP contribution in [0.1, 0.15) is 71.6 Å². The molecule has 3 atom stereocenters. The van der Waals surface area contributed by atoms with E-state index in [0.717, 1.165) is 13.0 Å². The third kappa shape index (κ3) is 4.24. The summed E-state index contributed by atoms with van der Waals surface area (Å²) >= 11 is 0. The third-order valence-electron chi connectivity index (χ3n) is 5.11. The molecule has 0 aromatic rings. The molecule has 2 rings (SSSR count). The number of aliphatic hydroxyl groups excluding tert-OH is 1. The normalized spacial score (nSPS) is 37.2. The second-order valence-corrected chi connectivity index (χ2v) is 7.31. The van der Waals surface area contributed by atoms with Gasteiger partial charge in [-0.05, 0) is 49.9 Å². The van der Waals surface area contributed by atoms with Crippen LogP contribution in [0.5, 0.6) is 0 Å². The van der Waals surface area contributed by atoms with E-state index >= 15 is 0 Å². The summed E-state index contributed by atoms with van der Waals surface area (Å²) in [5.41, 5.74) is 0.542. The van der Waals surface area contributed by atoms with Gasteiger partial charge >= 0.3 is 0 Å². The van der Waals surface area contributed by atoms with Crippen LogP contribution in [0.2, 0.25) is 0 Å². The molecule has 0 amide bonds. The Morgan fingerprint density at radius 3 is 2.56 bits per heavy atom. The SMILES string of the molecule is CC1(C)CCCC(NCC2CCCCC2O)CC1. The minimum Gasteiger partial charge on any atom is -0.393 e. The summed E-state index contributed by atoms with van der Waals surface area (Å²) in [4.78, 5) is 0. The van der Waals surface area contributed by atoms with Crippen LogP contribution < -0.4 is 5.32 Å². The quantitative estimate of drug-likeness (QED) is 0.755. The zero-order valence-electron chi connectivity index (χ0n) is 12.3. The maximum absolute atomic E-state index is 10.00. The molecule has 2 nitrogen and oxygen atoms in total. The molecule has 2 N–H and O–H groups in total. The molecule has 0 heterocycles. The predicted octanol–water partition coefficient (Wildman–Crippen LogP) is 3.49. The van der Waals surface area contributed by atoms with Crippen molar-refractivity contribution in [3.63, 3.8) is 0 Å². The molecule has 3 unspecified atom stereocenters. The first-order valence-electron chi connectivity index (χ1n) is 7.98. The molecule has 106 valence electrons. The highest BCUT2D eigenvalue weighted by atomic mass is 16.3. The van der Waals surface area contributed by atoms with E-state index in [2.05, 4.69) is 19.2 Å². The van der Waals surface area contributed by atoms with Crippen LogP contribution >= 0.6 is 0 Å². The first kappa shape index (κ1) is 14.3. The number of nitrogens with one attached hydrogen (secondary N) is 1. The second-order valence-electron chi connectivity index (χ2n) is 7.31. The number of rotatable bonds is 3. The van der Waals surface area contributed by atoms with Gasteiger partial charge in [-0.25, -0.2) is 0 Å². The Morgan fingerprint density at radius 2 is 1.78 bits per heavy atom. The number of hydrogen-bond acceptors (Lipinski definition) is 2. The third-order valence-corrected chi connectivity index (χ3v) is 5.11. The molecule has 0 bridgehead atoms. The van der Waals surface area contributed by atoms with Gasteiger partial charge in [0.25, 0.3) is 0 Å². The molecule has 0 aliphatic heterocycles. The summed E-state index contributed by atoms with van der Waals surface area (Å²) in [6, 6.07) is 0.695. The second kappa shape index (κ2) is 6.38.